The van der Waals surface area contributed by atoms with E-state index in [4.69, 9.17) is 4.74 Å². The van der Waals surface area contributed by atoms with Crippen LogP contribution in [0, 0.1) is 11.3 Å². The Morgan fingerprint density at radius 3 is 2.80 bits per heavy atom. The van der Waals surface area contributed by atoms with Crippen molar-refractivity contribution < 1.29 is 9.53 Å². The third-order valence-corrected chi connectivity index (χ3v) is 4.81. The number of aliphatic imine (C=N–C) groups is 1. The van der Waals surface area contributed by atoms with E-state index in [9.17, 15) is 10.1 Å². The molecule has 4 rings (SSSR count). The summed E-state index contributed by atoms with van der Waals surface area (Å²) in [5.41, 5.74) is 3.26. The molecule has 0 saturated heterocycles. The molecule has 1 amide bonds. The Hall–Kier alpha value is -2.93. The van der Waals surface area contributed by atoms with Gasteiger partial charge >= 0.3 is 0 Å². The molecule has 1 heterocycles. The fourth-order valence-electron chi connectivity index (χ4n) is 3.62. The first-order chi connectivity index (χ1) is 12.3. The third-order valence-electron chi connectivity index (χ3n) is 4.81. The van der Waals surface area contributed by atoms with Gasteiger partial charge < -0.3 is 4.74 Å². The largest absolute Gasteiger partial charge is 0.493 e. The second-order valence-electron chi connectivity index (χ2n) is 6.38. The molecule has 2 aromatic rings. The minimum absolute atomic E-state index is 0.140. The molecule has 124 valence electrons. The van der Waals surface area contributed by atoms with Crippen molar-refractivity contribution >= 4 is 28.0 Å². The van der Waals surface area contributed by atoms with Crippen LogP contribution in [0.5, 0.6) is 5.75 Å². The lowest BCUT2D eigenvalue weighted by Gasteiger charge is -2.11. The maximum Gasteiger partial charge on any atom is 0.288 e. The summed E-state index contributed by atoms with van der Waals surface area (Å²) in [6.45, 7) is 2.89. The zero-order chi connectivity index (χ0) is 17.4. The molecule has 0 fully saturated rings. The molecular weight excluding hydrogens is 312 g/mol. The molecule has 0 radical (unpaired) electrons. The molecule has 0 aromatic heterocycles. The maximum atomic E-state index is 11.9. The Bertz CT molecular complexity index is 993. The number of nitrogens with zero attached hydrogens (tertiary/aromatic N) is 2. The Morgan fingerprint density at radius 1 is 1.12 bits per heavy atom. The van der Waals surface area contributed by atoms with E-state index >= 15 is 0 Å². The Kier molecular flexibility index (Phi) is 3.85. The van der Waals surface area contributed by atoms with Gasteiger partial charge in [-0.25, -0.2) is 4.99 Å². The maximum absolute atomic E-state index is 11.9. The van der Waals surface area contributed by atoms with Crippen molar-refractivity contribution in [1.29, 1.82) is 5.26 Å². The molecule has 25 heavy (non-hydrogen) atoms. The minimum Gasteiger partial charge on any atom is -0.493 e. The first-order valence-electron chi connectivity index (χ1n) is 8.73. The lowest BCUT2D eigenvalue weighted by atomic mass is 10.0. The highest BCUT2D eigenvalue weighted by molar-refractivity contribution is 6.50. The Morgan fingerprint density at radius 2 is 2.00 bits per heavy atom. The van der Waals surface area contributed by atoms with Crippen molar-refractivity contribution in [3.05, 3.63) is 47.0 Å². The smallest absolute Gasteiger partial charge is 0.288 e. The molecule has 4 heteroatoms. The summed E-state index contributed by atoms with van der Waals surface area (Å²) in [5, 5.41) is 11.4. The Labute approximate surface area is 146 Å². The van der Waals surface area contributed by atoms with E-state index in [1.54, 1.807) is 0 Å². The van der Waals surface area contributed by atoms with Crippen LogP contribution in [0.3, 0.4) is 0 Å². The summed E-state index contributed by atoms with van der Waals surface area (Å²) in [6.07, 6.45) is 4.65. The summed E-state index contributed by atoms with van der Waals surface area (Å²) >= 11 is 0. The highest BCUT2D eigenvalue weighted by Crippen LogP contribution is 2.45. The van der Waals surface area contributed by atoms with E-state index < -0.39 is 5.91 Å². The fraction of sp³-hybridized carbons (Fsp3) is 0.286. The van der Waals surface area contributed by atoms with Gasteiger partial charge in [0.2, 0.25) is 0 Å². The zero-order valence-electron chi connectivity index (χ0n) is 14.1. The van der Waals surface area contributed by atoms with E-state index in [1.165, 1.54) is 19.3 Å². The van der Waals surface area contributed by atoms with E-state index in [2.05, 4.69) is 11.9 Å². The van der Waals surface area contributed by atoms with Crippen LogP contribution in [0.25, 0.3) is 16.3 Å². The van der Waals surface area contributed by atoms with E-state index in [0.717, 1.165) is 34.1 Å². The van der Waals surface area contributed by atoms with Crippen molar-refractivity contribution in [1.82, 2.24) is 0 Å². The van der Waals surface area contributed by atoms with Crippen LogP contribution in [0.2, 0.25) is 0 Å². The van der Waals surface area contributed by atoms with E-state index in [0.29, 0.717) is 17.9 Å². The second-order valence-corrected chi connectivity index (χ2v) is 6.38. The van der Waals surface area contributed by atoms with Crippen LogP contribution >= 0.6 is 0 Å². The van der Waals surface area contributed by atoms with Crippen LogP contribution in [0.1, 0.15) is 43.7 Å². The first-order valence-corrected chi connectivity index (χ1v) is 8.73. The number of amides is 1. The van der Waals surface area contributed by atoms with Crippen molar-refractivity contribution in [3.63, 3.8) is 0 Å². The number of carbonyl (C=O) groups excluding carboxylic acids is 1. The molecule has 0 saturated carbocycles. The van der Waals surface area contributed by atoms with Gasteiger partial charge in [-0.15, -0.1) is 0 Å². The first kappa shape index (κ1) is 15.6. The number of nitriles is 1. The summed E-state index contributed by atoms with van der Waals surface area (Å²) < 4.78 is 6.01. The van der Waals surface area contributed by atoms with Crippen LogP contribution in [-0.2, 0) is 4.79 Å². The van der Waals surface area contributed by atoms with Crippen molar-refractivity contribution in [2.24, 2.45) is 4.99 Å². The molecular formula is C21H18N2O2. The zero-order valence-corrected chi connectivity index (χ0v) is 14.1. The number of unbranched alkanes of at least 4 members (excludes halogenated alkanes) is 3. The van der Waals surface area contributed by atoms with Gasteiger partial charge in [-0.2, -0.15) is 5.26 Å². The van der Waals surface area contributed by atoms with Crippen LogP contribution in [-0.4, -0.2) is 18.2 Å². The van der Waals surface area contributed by atoms with Gasteiger partial charge in [-0.1, -0.05) is 44.4 Å². The van der Waals surface area contributed by atoms with Gasteiger partial charge in [-0.05, 0) is 24.1 Å². The standard InChI is InChI=1S/C21H18N2O2/c1-2-3-4-5-11-25-17-10-9-14-18-13(17)7-6-8-15(18)20-19(14)16(12-22)21(24)23-20/h6-10H,2-5,11H2,1H3. The van der Waals surface area contributed by atoms with Gasteiger partial charge in [0.25, 0.3) is 5.91 Å². The lowest BCUT2D eigenvalue weighted by molar-refractivity contribution is -0.113. The van der Waals surface area contributed by atoms with Gasteiger partial charge in [0.15, 0.2) is 0 Å². The number of benzene rings is 2. The number of carbonyl (C=O) groups is 1. The number of hydrogen-bond donors (Lipinski definition) is 0. The quantitative estimate of drug-likeness (QED) is 0.737. The molecule has 2 aliphatic rings. The molecule has 0 spiro atoms. The SMILES string of the molecule is CCCCCCOc1ccc2c3c(cccc13)C1=NC(=O)C(C#N)=C12. The highest BCUT2D eigenvalue weighted by Gasteiger charge is 2.36. The number of allylic oxidation sites excluding steroid dienone is 1. The van der Waals surface area contributed by atoms with Gasteiger partial charge in [0.05, 0.1) is 12.3 Å². The summed E-state index contributed by atoms with van der Waals surface area (Å²) in [7, 11) is 0. The van der Waals surface area contributed by atoms with Crippen LogP contribution in [0.4, 0.5) is 0 Å². The molecule has 0 bridgehead atoms. The van der Waals surface area contributed by atoms with Crippen molar-refractivity contribution in [2.45, 2.75) is 32.6 Å². The van der Waals surface area contributed by atoms with E-state index in [1.807, 2.05) is 36.4 Å². The predicted octanol–water partition coefficient (Wildman–Crippen LogP) is 4.42. The summed E-state index contributed by atoms with van der Waals surface area (Å²) in [4.78, 5) is 16.1. The number of rotatable bonds is 6. The van der Waals surface area contributed by atoms with E-state index in [-0.39, 0.29) is 5.57 Å². The molecule has 4 nitrogen and oxygen atoms in total. The van der Waals surface area contributed by atoms with Crippen molar-refractivity contribution in [3.8, 4) is 11.8 Å². The normalized spacial score (nSPS) is 14.7. The minimum atomic E-state index is -0.439. The number of fused-ring (bicyclic) bond motifs is 3. The van der Waals surface area contributed by atoms with Gasteiger partial charge in [-0.3, -0.25) is 4.79 Å². The lowest BCUT2D eigenvalue weighted by Crippen LogP contribution is -1.98. The molecule has 1 aliphatic carbocycles. The number of ether oxygens (including phenoxy) is 1. The molecule has 2 aromatic carbocycles. The van der Waals surface area contributed by atoms with Crippen molar-refractivity contribution in [2.75, 3.05) is 6.61 Å². The molecule has 0 unspecified atom stereocenters. The van der Waals surface area contributed by atoms with Crippen LogP contribution < -0.4 is 4.74 Å². The molecule has 0 N–H and O–H groups in total. The average Bonchev–Trinajstić information content (AvgIpc) is 3.11. The summed E-state index contributed by atoms with van der Waals surface area (Å²) in [6, 6.07) is 11.8. The number of hydrogen-bond acceptors (Lipinski definition) is 3. The second kappa shape index (κ2) is 6.18. The van der Waals surface area contributed by atoms with Gasteiger partial charge in [0, 0.05) is 21.9 Å². The van der Waals surface area contributed by atoms with Gasteiger partial charge in [0.1, 0.15) is 17.4 Å². The highest BCUT2D eigenvalue weighted by atomic mass is 16.5. The summed E-state index contributed by atoms with van der Waals surface area (Å²) in [5.74, 6) is 0.412. The topological polar surface area (TPSA) is 62.4 Å². The predicted molar refractivity (Wildman–Crippen MR) is 97.7 cm³/mol. The Balaban J connectivity index is 1.75. The fourth-order valence-corrected chi connectivity index (χ4v) is 3.62. The monoisotopic (exact) mass is 330 g/mol. The van der Waals surface area contributed by atoms with Crippen LogP contribution in [0.15, 0.2) is 40.9 Å². The third kappa shape index (κ3) is 2.35. The molecule has 1 aliphatic heterocycles. The average molecular weight is 330 g/mol. The molecule has 0 atom stereocenters.